The van der Waals surface area contributed by atoms with Gasteiger partial charge in [-0.25, -0.2) is 4.98 Å². The Hall–Kier alpha value is -2.58. The second-order valence-corrected chi connectivity index (χ2v) is 3.80. The molecule has 0 bridgehead atoms. The summed E-state index contributed by atoms with van der Waals surface area (Å²) in [4.78, 5) is 13.3. The minimum atomic E-state index is -0.0489. The second kappa shape index (κ2) is 4.26. The van der Waals surface area contributed by atoms with Gasteiger partial charge in [-0.2, -0.15) is 10.5 Å². The molecule has 0 saturated heterocycles. The maximum Gasteiger partial charge on any atom is 0.350 e. The number of fused-ring (bicyclic) bond motifs is 3. The van der Waals surface area contributed by atoms with Crippen LogP contribution in [0.2, 0.25) is 0 Å². The van der Waals surface area contributed by atoms with Crippen LogP contribution in [0.15, 0.2) is 24.3 Å². The summed E-state index contributed by atoms with van der Waals surface area (Å²) in [6, 6.07) is 7.14. The van der Waals surface area contributed by atoms with E-state index in [1.165, 1.54) is 0 Å². The van der Waals surface area contributed by atoms with Crippen LogP contribution in [0.4, 0.5) is 5.82 Å². The zero-order chi connectivity index (χ0) is 13.4. The van der Waals surface area contributed by atoms with Gasteiger partial charge in [-0.15, -0.1) is 4.73 Å². The summed E-state index contributed by atoms with van der Waals surface area (Å²) in [6.45, 7) is 0. The third kappa shape index (κ3) is 1.62. The molecule has 0 fully saturated rings. The second-order valence-electron chi connectivity index (χ2n) is 3.80. The molecule has 0 radical (unpaired) electrons. The number of para-hydroxylation sites is 1. The van der Waals surface area contributed by atoms with E-state index in [1.54, 1.807) is 19.2 Å². The van der Waals surface area contributed by atoms with Crippen LogP contribution in [-0.2, 0) is 0 Å². The van der Waals surface area contributed by atoms with E-state index in [4.69, 9.17) is 10.0 Å². The minimum Gasteiger partial charge on any atom is -0.424 e. The molecule has 1 aromatic carbocycles. The molecule has 3 rings (SSSR count). The van der Waals surface area contributed by atoms with Crippen LogP contribution in [0.3, 0.4) is 0 Å². The van der Waals surface area contributed by atoms with E-state index >= 15 is 0 Å². The van der Waals surface area contributed by atoms with Gasteiger partial charge in [0.1, 0.15) is 11.0 Å². The van der Waals surface area contributed by atoms with Gasteiger partial charge in [-0.05, 0) is 6.07 Å². The number of hydrogen-bond donors (Lipinski definition) is 4. The van der Waals surface area contributed by atoms with Gasteiger partial charge in [-0.1, -0.05) is 18.2 Å². The Balaban J connectivity index is 2.45. The van der Waals surface area contributed by atoms with Crippen molar-refractivity contribution in [2.24, 2.45) is 0 Å². The molecule has 0 saturated carbocycles. The van der Waals surface area contributed by atoms with Gasteiger partial charge >= 0.3 is 6.01 Å². The molecule has 8 heteroatoms. The largest absolute Gasteiger partial charge is 0.424 e. The number of imidazole rings is 1. The maximum absolute atomic E-state index is 10.1. The van der Waals surface area contributed by atoms with E-state index in [0.29, 0.717) is 21.9 Å². The zero-order valence-electron chi connectivity index (χ0n) is 9.95. The number of aromatic nitrogens is 3. The van der Waals surface area contributed by atoms with Gasteiger partial charge in [0.2, 0.25) is 0 Å². The molecule has 0 aliphatic rings. The van der Waals surface area contributed by atoms with Gasteiger partial charge in [0.05, 0.1) is 5.52 Å². The molecular formula is C11H11N5O3. The third-order valence-corrected chi connectivity index (χ3v) is 2.74. The van der Waals surface area contributed by atoms with Crippen molar-refractivity contribution in [1.29, 1.82) is 0 Å². The van der Waals surface area contributed by atoms with Gasteiger partial charge in [0.25, 0.3) is 0 Å². The highest BCUT2D eigenvalue weighted by Gasteiger charge is 2.18. The number of pyridine rings is 1. The van der Waals surface area contributed by atoms with E-state index in [1.807, 2.05) is 17.6 Å². The molecule has 0 aliphatic carbocycles. The summed E-state index contributed by atoms with van der Waals surface area (Å²) >= 11 is 0. The lowest BCUT2D eigenvalue weighted by Gasteiger charge is -2.04. The van der Waals surface area contributed by atoms with E-state index in [0.717, 1.165) is 4.73 Å². The number of hydroxylamine groups is 1. The first kappa shape index (κ1) is 11.5. The summed E-state index contributed by atoms with van der Waals surface area (Å²) in [5.74, 6) is 0.141. The summed E-state index contributed by atoms with van der Waals surface area (Å²) in [6.07, 6.45) is 0. The number of hydrogen-bond acceptors (Lipinski definition) is 7. The van der Waals surface area contributed by atoms with Crippen LogP contribution in [0.1, 0.15) is 0 Å². The number of anilines is 1. The molecule has 0 atom stereocenters. The fourth-order valence-electron chi connectivity index (χ4n) is 1.98. The summed E-state index contributed by atoms with van der Waals surface area (Å²) < 4.78 is 0.802. The predicted octanol–water partition coefficient (Wildman–Crippen LogP) is 1.14. The first-order valence-corrected chi connectivity index (χ1v) is 5.50. The maximum atomic E-state index is 10.1. The van der Waals surface area contributed by atoms with Crippen molar-refractivity contribution in [2.45, 2.75) is 0 Å². The minimum absolute atomic E-state index is 0.0489. The standard InChI is InChI=1S/C11H11N5O3/c1-12-19-11-14-8-9(16(11)18)6-4-2-3-5-7(6)13-10(8)15-17/h2-5,12,17-18H,1H3,(H,13,15). The lowest BCUT2D eigenvalue weighted by Crippen LogP contribution is -2.14. The molecule has 4 N–H and O–H groups in total. The van der Waals surface area contributed by atoms with E-state index in [2.05, 4.69) is 15.4 Å². The SMILES string of the molecule is CNOc1nc2c(NO)nc3ccccc3c2n1O. The van der Waals surface area contributed by atoms with Gasteiger partial charge in [0, 0.05) is 12.4 Å². The Bertz CT molecular complexity index is 755. The van der Waals surface area contributed by atoms with Crippen LogP contribution >= 0.6 is 0 Å². The highest BCUT2D eigenvalue weighted by Crippen LogP contribution is 2.30. The zero-order valence-corrected chi connectivity index (χ0v) is 9.95. The van der Waals surface area contributed by atoms with Crippen molar-refractivity contribution < 1.29 is 15.3 Å². The van der Waals surface area contributed by atoms with Crippen LogP contribution in [-0.4, -0.2) is 32.2 Å². The first-order valence-electron chi connectivity index (χ1n) is 5.50. The molecule has 0 aliphatic heterocycles. The lowest BCUT2D eigenvalue weighted by atomic mass is 10.2. The highest BCUT2D eigenvalue weighted by atomic mass is 16.7. The molecule has 3 aromatic rings. The lowest BCUT2D eigenvalue weighted by molar-refractivity contribution is 0.115. The molecule has 0 spiro atoms. The summed E-state index contributed by atoms with van der Waals surface area (Å²) in [5, 5.41) is 19.9. The van der Waals surface area contributed by atoms with Crippen LogP contribution in [0, 0.1) is 0 Å². The van der Waals surface area contributed by atoms with E-state index in [9.17, 15) is 5.21 Å². The molecule has 98 valence electrons. The Morgan fingerprint density at radius 1 is 1.26 bits per heavy atom. The predicted molar refractivity (Wildman–Crippen MR) is 67.3 cm³/mol. The van der Waals surface area contributed by atoms with Crippen molar-refractivity contribution in [2.75, 3.05) is 12.5 Å². The first-order chi connectivity index (χ1) is 9.26. The highest BCUT2D eigenvalue weighted by molar-refractivity contribution is 6.06. The molecule has 19 heavy (non-hydrogen) atoms. The van der Waals surface area contributed by atoms with E-state index < -0.39 is 0 Å². The number of rotatable bonds is 3. The monoisotopic (exact) mass is 261 g/mol. The van der Waals surface area contributed by atoms with Gasteiger partial charge in [0.15, 0.2) is 5.82 Å². The van der Waals surface area contributed by atoms with Crippen molar-refractivity contribution in [3.8, 4) is 6.01 Å². The third-order valence-electron chi connectivity index (χ3n) is 2.74. The Morgan fingerprint density at radius 2 is 2.05 bits per heavy atom. The smallest absolute Gasteiger partial charge is 0.350 e. The molecule has 2 heterocycles. The number of nitrogens with zero attached hydrogens (tertiary/aromatic N) is 3. The quantitative estimate of drug-likeness (QED) is 0.414. The number of nitrogens with one attached hydrogen (secondary N) is 2. The average Bonchev–Trinajstić information content (AvgIpc) is 2.76. The fourth-order valence-corrected chi connectivity index (χ4v) is 1.98. The molecule has 0 unspecified atom stereocenters. The van der Waals surface area contributed by atoms with Crippen LogP contribution in [0.25, 0.3) is 21.9 Å². The van der Waals surface area contributed by atoms with Crippen molar-refractivity contribution in [3.05, 3.63) is 24.3 Å². The van der Waals surface area contributed by atoms with E-state index in [-0.39, 0.29) is 11.8 Å². The Kier molecular flexibility index (Phi) is 2.58. The molecule has 0 amide bonds. The van der Waals surface area contributed by atoms with Crippen molar-refractivity contribution in [1.82, 2.24) is 20.2 Å². The van der Waals surface area contributed by atoms with Gasteiger partial charge in [-0.3, -0.25) is 10.7 Å². The topological polar surface area (TPSA) is 104 Å². The van der Waals surface area contributed by atoms with Gasteiger partial charge < -0.3 is 10.0 Å². The Labute approximate surface area is 107 Å². The molecule has 2 aromatic heterocycles. The summed E-state index contributed by atoms with van der Waals surface area (Å²) in [5.41, 5.74) is 5.70. The Morgan fingerprint density at radius 3 is 2.79 bits per heavy atom. The average molecular weight is 261 g/mol. The molecule has 8 nitrogen and oxygen atoms in total. The van der Waals surface area contributed by atoms with Crippen LogP contribution < -0.4 is 15.8 Å². The normalized spacial score (nSPS) is 11.1. The van der Waals surface area contributed by atoms with Crippen LogP contribution in [0.5, 0.6) is 6.01 Å². The number of benzene rings is 1. The summed E-state index contributed by atoms with van der Waals surface area (Å²) in [7, 11) is 1.54. The van der Waals surface area contributed by atoms with Crippen molar-refractivity contribution >= 4 is 27.8 Å². The fraction of sp³-hybridized carbons (Fsp3) is 0.0909. The van der Waals surface area contributed by atoms with Crippen molar-refractivity contribution in [3.63, 3.8) is 0 Å². The molecular weight excluding hydrogens is 250 g/mol.